The number of morpholine rings is 1. The molecule has 0 spiro atoms. The molecule has 0 aromatic carbocycles. The third-order valence-corrected chi connectivity index (χ3v) is 6.21. The molecule has 1 unspecified atom stereocenters. The molecule has 2 amide bonds. The van der Waals surface area contributed by atoms with Gasteiger partial charge in [-0.1, -0.05) is 0 Å². The number of carbonyl (C=O) groups is 2. The van der Waals surface area contributed by atoms with E-state index in [1.165, 1.54) is 32.2 Å². The first-order valence-electron chi connectivity index (χ1n) is 10.9. The van der Waals surface area contributed by atoms with Crippen LogP contribution in [-0.2, 0) is 20.9 Å². The number of carbonyl (C=O) groups excluding carboxylic acids is 2. The van der Waals surface area contributed by atoms with Crippen LogP contribution >= 0.6 is 0 Å². The van der Waals surface area contributed by atoms with Crippen LogP contribution < -0.4 is 5.32 Å². The third-order valence-electron chi connectivity index (χ3n) is 6.21. The predicted octanol–water partition coefficient (Wildman–Crippen LogP) is 0.134. The van der Waals surface area contributed by atoms with Crippen molar-refractivity contribution in [2.75, 3.05) is 45.9 Å². The van der Waals surface area contributed by atoms with E-state index in [-0.39, 0.29) is 24.5 Å². The summed E-state index contributed by atoms with van der Waals surface area (Å²) >= 11 is 0. The van der Waals surface area contributed by atoms with E-state index in [4.69, 9.17) is 4.74 Å². The summed E-state index contributed by atoms with van der Waals surface area (Å²) in [6.45, 7) is 6.06. The molecule has 0 bridgehead atoms. The molecule has 3 aliphatic rings. The van der Waals surface area contributed by atoms with E-state index >= 15 is 0 Å². The van der Waals surface area contributed by atoms with Gasteiger partial charge in [-0.05, 0) is 50.6 Å². The second-order valence-electron chi connectivity index (χ2n) is 8.67. The molecule has 2 aliphatic heterocycles. The van der Waals surface area contributed by atoms with Crippen molar-refractivity contribution in [3.63, 3.8) is 0 Å². The third kappa shape index (κ3) is 6.24. The highest BCUT2D eigenvalue weighted by atomic mass is 16.5. The molecule has 1 N–H and O–H groups in total. The van der Waals surface area contributed by atoms with E-state index in [2.05, 4.69) is 20.4 Å². The van der Waals surface area contributed by atoms with E-state index in [9.17, 15) is 9.59 Å². The number of aryl methyl sites for hydroxylation is 1. The maximum atomic E-state index is 12.3. The summed E-state index contributed by atoms with van der Waals surface area (Å²) in [7, 11) is 0. The molecule has 4 rings (SSSR count). The van der Waals surface area contributed by atoms with Gasteiger partial charge in [0.15, 0.2) is 0 Å². The van der Waals surface area contributed by atoms with Crippen LogP contribution in [0.15, 0.2) is 12.7 Å². The van der Waals surface area contributed by atoms with Gasteiger partial charge >= 0.3 is 0 Å². The van der Waals surface area contributed by atoms with Crippen molar-refractivity contribution >= 4 is 11.8 Å². The molecule has 29 heavy (non-hydrogen) atoms. The number of rotatable bonds is 9. The average molecular weight is 405 g/mol. The molecular weight excluding hydrogens is 372 g/mol. The molecule has 9 nitrogen and oxygen atoms in total. The van der Waals surface area contributed by atoms with Gasteiger partial charge in [-0.2, -0.15) is 0 Å². The quantitative estimate of drug-likeness (QED) is 0.629. The SMILES string of the molecule is O=C(CCn1cnnc1)NCC1CN(CC2CCN(CC3CC3)CC2)C(=O)CO1. The van der Waals surface area contributed by atoms with Crippen molar-refractivity contribution in [1.29, 1.82) is 0 Å². The van der Waals surface area contributed by atoms with Crippen LogP contribution in [0.4, 0.5) is 0 Å². The minimum Gasteiger partial charge on any atom is -0.365 e. The lowest BCUT2D eigenvalue weighted by molar-refractivity contribution is -0.150. The Morgan fingerprint density at radius 2 is 1.83 bits per heavy atom. The Bertz CT molecular complexity index is 670. The fourth-order valence-corrected chi connectivity index (χ4v) is 4.19. The van der Waals surface area contributed by atoms with Crippen LogP contribution in [0.5, 0.6) is 0 Å². The number of ether oxygens (including phenoxy) is 1. The van der Waals surface area contributed by atoms with Gasteiger partial charge in [0.05, 0.1) is 6.10 Å². The van der Waals surface area contributed by atoms with Gasteiger partial charge in [0, 0.05) is 39.1 Å². The zero-order chi connectivity index (χ0) is 20.1. The number of nitrogens with zero attached hydrogens (tertiary/aromatic N) is 5. The van der Waals surface area contributed by atoms with Crippen LogP contribution in [-0.4, -0.2) is 88.4 Å². The number of likely N-dealkylation sites (tertiary alicyclic amines) is 1. The number of piperidine rings is 1. The lowest BCUT2D eigenvalue weighted by atomic mass is 9.95. The molecule has 3 heterocycles. The summed E-state index contributed by atoms with van der Waals surface area (Å²) < 4.78 is 7.41. The minimum absolute atomic E-state index is 0.0335. The number of aromatic nitrogens is 3. The van der Waals surface area contributed by atoms with Crippen molar-refractivity contribution in [3.05, 3.63) is 12.7 Å². The van der Waals surface area contributed by atoms with Crippen LogP contribution in [0.2, 0.25) is 0 Å². The minimum atomic E-state index is -0.137. The maximum absolute atomic E-state index is 12.3. The average Bonchev–Trinajstić information content (AvgIpc) is 3.38. The van der Waals surface area contributed by atoms with Gasteiger partial charge in [-0.3, -0.25) is 9.59 Å². The fraction of sp³-hybridized carbons (Fsp3) is 0.800. The molecule has 1 atom stereocenters. The van der Waals surface area contributed by atoms with E-state index < -0.39 is 0 Å². The Morgan fingerprint density at radius 1 is 1.10 bits per heavy atom. The fourth-order valence-electron chi connectivity index (χ4n) is 4.19. The number of nitrogens with one attached hydrogen (secondary N) is 1. The predicted molar refractivity (Wildman–Crippen MR) is 106 cm³/mol. The van der Waals surface area contributed by atoms with Crippen molar-refractivity contribution < 1.29 is 14.3 Å². The summed E-state index contributed by atoms with van der Waals surface area (Å²) in [6, 6.07) is 0. The number of amides is 2. The lowest BCUT2D eigenvalue weighted by Gasteiger charge is -2.38. The normalized spacial score (nSPS) is 24.1. The molecule has 1 aliphatic carbocycles. The first-order valence-corrected chi connectivity index (χ1v) is 10.9. The Morgan fingerprint density at radius 3 is 2.55 bits per heavy atom. The van der Waals surface area contributed by atoms with Crippen molar-refractivity contribution in [2.45, 2.75) is 44.8 Å². The monoisotopic (exact) mass is 404 g/mol. The smallest absolute Gasteiger partial charge is 0.248 e. The number of hydrogen-bond donors (Lipinski definition) is 1. The molecule has 3 fully saturated rings. The van der Waals surface area contributed by atoms with E-state index in [0.29, 0.717) is 32.0 Å². The molecule has 2 saturated heterocycles. The van der Waals surface area contributed by atoms with E-state index in [1.807, 2.05) is 4.90 Å². The lowest BCUT2D eigenvalue weighted by Crippen LogP contribution is -2.52. The first kappa shape index (κ1) is 20.3. The molecule has 9 heteroatoms. The Hall–Kier alpha value is -2.00. The Kier molecular flexibility index (Phi) is 6.76. The van der Waals surface area contributed by atoms with E-state index in [1.54, 1.807) is 17.2 Å². The molecule has 160 valence electrons. The van der Waals surface area contributed by atoms with Crippen LogP contribution in [0.3, 0.4) is 0 Å². The van der Waals surface area contributed by atoms with Gasteiger partial charge in [-0.25, -0.2) is 0 Å². The zero-order valence-electron chi connectivity index (χ0n) is 17.0. The summed E-state index contributed by atoms with van der Waals surface area (Å²) in [5, 5.41) is 10.4. The second kappa shape index (κ2) is 9.67. The van der Waals surface area contributed by atoms with Gasteiger partial charge in [-0.15, -0.1) is 10.2 Å². The topological polar surface area (TPSA) is 92.6 Å². The summed E-state index contributed by atoms with van der Waals surface area (Å²) in [5.74, 6) is 1.56. The highest BCUT2D eigenvalue weighted by Crippen LogP contribution is 2.31. The maximum Gasteiger partial charge on any atom is 0.248 e. The van der Waals surface area contributed by atoms with Gasteiger partial charge in [0.1, 0.15) is 19.3 Å². The largest absolute Gasteiger partial charge is 0.365 e. The van der Waals surface area contributed by atoms with Crippen molar-refractivity contribution in [1.82, 2.24) is 29.9 Å². The summed E-state index contributed by atoms with van der Waals surface area (Å²) in [5.41, 5.74) is 0. The number of hydrogen-bond acceptors (Lipinski definition) is 6. The van der Waals surface area contributed by atoms with Gasteiger partial charge in [0.2, 0.25) is 11.8 Å². The van der Waals surface area contributed by atoms with Crippen LogP contribution in [0, 0.1) is 11.8 Å². The molecule has 1 saturated carbocycles. The second-order valence-corrected chi connectivity index (χ2v) is 8.67. The zero-order valence-corrected chi connectivity index (χ0v) is 17.0. The molecule has 1 aromatic rings. The Labute approximate surface area is 171 Å². The standard InChI is InChI=1S/C20H32N6O3/c27-19(5-8-25-14-22-23-15-25)21-9-18-12-26(20(28)13-29-18)11-17-3-6-24(7-4-17)10-16-1-2-16/h14-18H,1-13H2,(H,21,27). The molecule has 0 radical (unpaired) electrons. The summed E-state index contributed by atoms with van der Waals surface area (Å²) in [6.07, 6.45) is 8.56. The first-order chi connectivity index (χ1) is 14.2. The Balaban J connectivity index is 1.15. The van der Waals surface area contributed by atoms with E-state index in [0.717, 1.165) is 25.6 Å². The molecular formula is C20H32N6O3. The van der Waals surface area contributed by atoms with Gasteiger partial charge in [0.25, 0.3) is 0 Å². The highest BCUT2D eigenvalue weighted by Gasteiger charge is 2.31. The summed E-state index contributed by atoms with van der Waals surface area (Å²) in [4.78, 5) is 28.9. The highest BCUT2D eigenvalue weighted by molar-refractivity contribution is 5.78. The van der Waals surface area contributed by atoms with Crippen LogP contribution in [0.25, 0.3) is 0 Å². The van der Waals surface area contributed by atoms with Crippen molar-refractivity contribution in [3.8, 4) is 0 Å². The van der Waals surface area contributed by atoms with Crippen molar-refractivity contribution in [2.24, 2.45) is 11.8 Å². The van der Waals surface area contributed by atoms with Crippen LogP contribution in [0.1, 0.15) is 32.1 Å². The molecule has 1 aromatic heterocycles. The van der Waals surface area contributed by atoms with Gasteiger partial charge < -0.3 is 24.4 Å².